The van der Waals surface area contributed by atoms with Crippen LogP contribution in [0.2, 0.25) is 0 Å². The molecule has 0 aliphatic heterocycles. The lowest BCUT2D eigenvalue weighted by molar-refractivity contribution is -0.140. The van der Waals surface area contributed by atoms with E-state index < -0.39 is 5.97 Å². The average Bonchev–Trinajstić information content (AvgIpc) is 3.27. The fourth-order valence-corrected chi connectivity index (χ4v) is 5.20. The van der Waals surface area contributed by atoms with Crippen LogP contribution in [0.5, 0.6) is 0 Å². The van der Waals surface area contributed by atoms with Crippen molar-refractivity contribution in [2.45, 2.75) is 36.5 Å². The van der Waals surface area contributed by atoms with Crippen LogP contribution in [0.25, 0.3) is 10.1 Å². The van der Waals surface area contributed by atoms with E-state index in [1.165, 1.54) is 18.3 Å². The summed E-state index contributed by atoms with van der Waals surface area (Å²) < 4.78 is 1.12. The smallest absolute Gasteiger partial charge is 0.318 e. The van der Waals surface area contributed by atoms with Crippen molar-refractivity contribution in [3.05, 3.63) is 94.9 Å². The first-order valence-corrected chi connectivity index (χ1v) is 12.3. The second-order valence-electron chi connectivity index (χ2n) is 7.50. The molecule has 1 aromatic heterocycles. The van der Waals surface area contributed by atoms with Gasteiger partial charge in [0.15, 0.2) is 0 Å². The molecule has 6 heteroatoms. The highest BCUT2D eigenvalue weighted by Gasteiger charge is 2.13. The summed E-state index contributed by atoms with van der Waals surface area (Å²) in [6.07, 6.45) is 1.64. The Kier molecular flexibility index (Phi) is 7.37. The van der Waals surface area contributed by atoms with E-state index in [9.17, 15) is 9.59 Å². The highest BCUT2D eigenvalue weighted by atomic mass is 32.2. The first-order chi connectivity index (χ1) is 16.0. The number of benzene rings is 3. The number of nitrogens with zero attached hydrogens (tertiary/aromatic N) is 1. The van der Waals surface area contributed by atoms with Crippen molar-refractivity contribution in [3.63, 3.8) is 0 Å². The molecule has 0 unspecified atom stereocenters. The third-order valence-electron chi connectivity index (χ3n) is 4.96. The highest BCUT2D eigenvalue weighted by Crippen LogP contribution is 2.30. The lowest BCUT2D eigenvalue weighted by Gasteiger charge is -2.07. The van der Waals surface area contributed by atoms with Gasteiger partial charge in [0, 0.05) is 27.0 Å². The summed E-state index contributed by atoms with van der Waals surface area (Å²) in [4.78, 5) is 31.7. The van der Waals surface area contributed by atoms with Crippen molar-refractivity contribution in [2.75, 3.05) is 0 Å². The van der Waals surface area contributed by atoms with Gasteiger partial charge in [-0.1, -0.05) is 60.6 Å². The summed E-state index contributed by atoms with van der Waals surface area (Å²) in [6, 6.07) is 25.7. The number of hydrogen-bond acceptors (Lipinski definition) is 6. The third kappa shape index (κ3) is 5.78. The maximum atomic E-state index is 12.9. The van der Waals surface area contributed by atoms with E-state index in [2.05, 4.69) is 12.1 Å². The van der Waals surface area contributed by atoms with Crippen LogP contribution in [0.15, 0.2) is 93.8 Å². The molecule has 0 aliphatic rings. The van der Waals surface area contributed by atoms with Crippen molar-refractivity contribution in [2.24, 2.45) is 5.16 Å². The Hall–Kier alpha value is -3.22. The lowest BCUT2D eigenvalue weighted by Crippen LogP contribution is -2.03. The van der Waals surface area contributed by atoms with Gasteiger partial charge in [-0.3, -0.25) is 4.79 Å². The molecule has 4 nitrogen and oxygen atoms in total. The fourth-order valence-electron chi connectivity index (χ4n) is 3.36. The minimum atomic E-state index is -0.426. The van der Waals surface area contributed by atoms with E-state index in [4.69, 9.17) is 4.84 Å². The monoisotopic (exact) mass is 473 g/mol. The van der Waals surface area contributed by atoms with Gasteiger partial charge in [-0.2, -0.15) is 0 Å². The van der Waals surface area contributed by atoms with Gasteiger partial charge < -0.3 is 4.84 Å². The van der Waals surface area contributed by atoms with Gasteiger partial charge in [0.2, 0.25) is 5.78 Å². The second kappa shape index (κ2) is 10.6. The van der Waals surface area contributed by atoms with Crippen LogP contribution in [-0.4, -0.2) is 17.5 Å². The summed E-state index contributed by atoms with van der Waals surface area (Å²) in [5.41, 5.74) is 2.38. The zero-order valence-corrected chi connectivity index (χ0v) is 20.0. The number of hydrogen-bond donors (Lipinski definition) is 0. The number of rotatable bonds is 8. The fraction of sp³-hybridized carbons (Fsp3) is 0.148. The molecule has 3 aromatic carbocycles. The van der Waals surface area contributed by atoms with E-state index in [0.717, 1.165) is 48.9 Å². The Labute approximate surface area is 201 Å². The standard InChI is InChI=1S/C27H23NO3S2/c1-3-6-24(28-31-18(2)29)19-9-13-22(14-10-19)32-23-15-11-20(12-16-23)27(30)26-17-21-7-4-5-8-25(21)33-26/h4-5,7-17H,3,6H2,1-2H3. The maximum Gasteiger partial charge on any atom is 0.331 e. The van der Waals surface area contributed by atoms with Crippen molar-refractivity contribution < 1.29 is 14.4 Å². The van der Waals surface area contributed by atoms with Crippen molar-refractivity contribution in [1.29, 1.82) is 0 Å². The van der Waals surface area contributed by atoms with Gasteiger partial charge >= 0.3 is 5.97 Å². The molecule has 0 spiro atoms. The van der Waals surface area contributed by atoms with E-state index in [0.29, 0.717) is 5.56 Å². The van der Waals surface area contributed by atoms with Crippen molar-refractivity contribution in [3.8, 4) is 0 Å². The predicted octanol–water partition coefficient (Wildman–Crippen LogP) is 7.35. The highest BCUT2D eigenvalue weighted by molar-refractivity contribution is 7.99. The average molecular weight is 474 g/mol. The van der Waals surface area contributed by atoms with Crippen LogP contribution in [0.3, 0.4) is 0 Å². The molecule has 0 aliphatic carbocycles. The number of oxime groups is 1. The first kappa shape index (κ1) is 23.0. The number of carbonyl (C=O) groups is 2. The van der Waals surface area contributed by atoms with E-state index in [1.807, 2.05) is 78.9 Å². The van der Waals surface area contributed by atoms with Crippen LogP contribution in [0, 0.1) is 0 Å². The van der Waals surface area contributed by atoms with Crippen LogP contribution < -0.4 is 0 Å². The van der Waals surface area contributed by atoms with E-state index >= 15 is 0 Å². The SMILES string of the molecule is CCCC(=NOC(C)=O)c1ccc(Sc2ccc(C(=O)c3cc4ccccc4s3)cc2)cc1. The minimum absolute atomic E-state index is 0.0487. The Bertz CT molecular complexity index is 1270. The van der Waals surface area contributed by atoms with Gasteiger partial charge in [0.05, 0.1) is 10.6 Å². The Morgan fingerprint density at radius 3 is 2.15 bits per heavy atom. The molecule has 4 aromatic rings. The van der Waals surface area contributed by atoms with Gasteiger partial charge in [0.1, 0.15) is 0 Å². The molecule has 33 heavy (non-hydrogen) atoms. The minimum Gasteiger partial charge on any atom is -0.318 e. The van der Waals surface area contributed by atoms with Crippen molar-refractivity contribution >= 4 is 50.6 Å². The molecule has 0 radical (unpaired) electrons. The van der Waals surface area contributed by atoms with E-state index in [-0.39, 0.29) is 5.78 Å². The summed E-state index contributed by atoms with van der Waals surface area (Å²) >= 11 is 3.15. The van der Waals surface area contributed by atoms with Crippen LogP contribution >= 0.6 is 23.1 Å². The Balaban J connectivity index is 1.44. The van der Waals surface area contributed by atoms with Crippen molar-refractivity contribution in [1.82, 2.24) is 0 Å². The maximum absolute atomic E-state index is 12.9. The first-order valence-electron chi connectivity index (χ1n) is 10.7. The van der Waals surface area contributed by atoms with Crippen LogP contribution in [0.4, 0.5) is 0 Å². The topological polar surface area (TPSA) is 55.7 Å². The van der Waals surface area contributed by atoms with Gasteiger partial charge in [-0.25, -0.2) is 4.79 Å². The Morgan fingerprint density at radius 1 is 0.909 bits per heavy atom. The van der Waals surface area contributed by atoms with E-state index in [1.54, 1.807) is 11.8 Å². The molecule has 0 fully saturated rings. The molecule has 4 rings (SSSR count). The quantitative estimate of drug-likeness (QED) is 0.116. The largest absolute Gasteiger partial charge is 0.331 e. The number of thiophene rings is 1. The summed E-state index contributed by atoms with van der Waals surface area (Å²) in [5, 5.41) is 5.09. The predicted molar refractivity (Wildman–Crippen MR) is 135 cm³/mol. The zero-order valence-electron chi connectivity index (χ0n) is 18.4. The molecule has 0 atom stereocenters. The van der Waals surface area contributed by atoms with Crippen LogP contribution in [0.1, 0.15) is 47.5 Å². The molecular formula is C27H23NO3S2. The van der Waals surface area contributed by atoms with Crippen LogP contribution in [-0.2, 0) is 9.63 Å². The third-order valence-corrected chi connectivity index (χ3v) is 7.09. The Morgan fingerprint density at radius 2 is 1.55 bits per heavy atom. The normalized spacial score (nSPS) is 11.5. The molecule has 1 heterocycles. The molecule has 0 saturated carbocycles. The molecule has 0 bridgehead atoms. The molecule has 0 N–H and O–H groups in total. The van der Waals surface area contributed by atoms with Gasteiger partial charge in [-0.05, 0) is 65.9 Å². The number of carbonyl (C=O) groups excluding carboxylic acids is 2. The summed E-state index contributed by atoms with van der Waals surface area (Å²) in [5.74, 6) is -0.377. The lowest BCUT2D eigenvalue weighted by atomic mass is 10.1. The zero-order chi connectivity index (χ0) is 23.2. The van der Waals surface area contributed by atoms with Gasteiger partial charge in [0.25, 0.3) is 0 Å². The summed E-state index contributed by atoms with van der Waals surface area (Å²) in [7, 11) is 0. The number of fused-ring (bicyclic) bond motifs is 1. The second-order valence-corrected chi connectivity index (χ2v) is 9.73. The molecule has 0 amide bonds. The molecular weight excluding hydrogens is 450 g/mol. The molecule has 0 saturated heterocycles. The van der Waals surface area contributed by atoms with Gasteiger partial charge in [-0.15, -0.1) is 11.3 Å². The number of ketones is 1. The molecule has 166 valence electrons. The summed E-state index contributed by atoms with van der Waals surface area (Å²) in [6.45, 7) is 3.40.